The fourth-order valence-electron chi connectivity index (χ4n) is 0.952. The lowest BCUT2D eigenvalue weighted by Crippen LogP contribution is -1.88. The second-order valence-electron chi connectivity index (χ2n) is 2.43. The molecule has 0 aliphatic heterocycles. The first-order valence-electron chi connectivity index (χ1n) is 3.44. The van der Waals surface area contributed by atoms with Gasteiger partial charge in [0.05, 0.1) is 0 Å². The quantitative estimate of drug-likeness (QED) is 0.555. The standard InChI is InChI=1S/C8H10S4/c9-3-5-1-7(11)6(4-10)8(12)2-5/h1-2,9-12H,3-4H2. The fourth-order valence-corrected chi connectivity index (χ4v) is 2.54. The van der Waals surface area contributed by atoms with Crippen LogP contribution in [0, 0.1) is 0 Å². The summed E-state index contributed by atoms with van der Waals surface area (Å²) in [6, 6.07) is 4.00. The molecule has 1 rings (SSSR count). The van der Waals surface area contributed by atoms with Gasteiger partial charge in [-0.3, -0.25) is 0 Å². The third-order valence-electron chi connectivity index (χ3n) is 1.60. The molecule has 0 aromatic heterocycles. The van der Waals surface area contributed by atoms with Crippen LogP contribution < -0.4 is 0 Å². The van der Waals surface area contributed by atoms with Gasteiger partial charge in [0.2, 0.25) is 0 Å². The zero-order valence-corrected chi connectivity index (χ0v) is 9.94. The van der Waals surface area contributed by atoms with Crippen LogP contribution in [0.3, 0.4) is 0 Å². The normalized spacial score (nSPS) is 10.3. The van der Waals surface area contributed by atoms with E-state index < -0.39 is 0 Å². The van der Waals surface area contributed by atoms with Gasteiger partial charge < -0.3 is 0 Å². The molecule has 66 valence electrons. The molecule has 0 fully saturated rings. The topological polar surface area (TPSA) is 0 Å². The lowest BCUT2D eigenvalue weighted by atomic mass is 10.2. The van der Waals surface area contributed by atoms with Crippen LogP contribution in [0.2, 0.25) is 0 Å². The van der Waals surface area contributed by atoms with Crippen LogP contribution in [0.25, 0.3) is 0 Å². The van der Waals surface area contributed by atoms with Gasteiger partial charge in [0.25, 0.3) is 0 Å². The summed E-state index contributed by atoms with van der Waals surface area (Å²) in [7, 11) is 0. The molecule has 1 aromatic carbocycles. The van der Waals surface area contributed by atoms with Crippen LogP contribution in [0.5, 0.6) is 0 Å². The molecule has 0 nitrogen and oxygen atoms in total. The van der Waals surface area contributed by atoms with Crippen molar-refractivity contribution in [1.29, 1.82) is 0 Å². The predicted molar refractivity (Wildman–Crippen MR) is 66.3 cm³/mol. The lowest BCUT2D eigenvalue weighted by molar-refractivity contribution is 1.14. The first kappa shape index (κ1) is 10.7. The maximum atomic E-state index is 4.34. The van der Waals surface area contributed by atoms with Crippen molar-refractivity contribution in [2.75, 3.05) is 0 Å². The van der Waals surface area contributed by atoms with Crippen molar-refractivity contribution in [3.05, 3.63) is 23.3 Å². The molecule has 0 saturated carbocycles. The van der Waals surface area contributed by atoms with Crippen molar-refractivity contribution in [3.8, 4) is 0 Å². The highest BCUT2D eigenvalue weighted by Gasteiger charge is 2.03. The third-order valence-corrected chi connectivity index (χ3v) is 3.08. The highest BCUT2D eigenvalue weighted by Crippen LogP contribution is 2.25. The smallest absolute Gasteiger partial charge is 0.0176 e. The van der Waals surface area contributed by atoms with Crippen molar-refractivity contribution in [2.45, 2.75) is 21.3 Å². The van der Waals surface area contributed by atoms with Crippen LogP contribution in [0.1, 0.15) is 11.1 Å². The largest absolute Gasteiger partial charge is 0.175 e. The van der Waals surface area contributed by atoms with Gasteiger partial charge in [0, 0.05) is 21.3 Å². The van der Waals surface area contributed by atoms with Crippen molar-refractivity contribution in [1.82, 2.24) is 0 Å². The Kier molecular flexibility index (Phi) is 4.23. The molecular formula is C8H10S4. The van der Waals surface area contributed by atoms with E-state index in [9.17, 15) is 0 Å². The molecule has 0 aliphatic rings. The van der Waals surface area contributed by atoms with E-state index in [0.717, 1.165) is 20.9 Å². The van der Waals surface area contributed by atoms with E-state index >= 15 is 0 Å². The molecule has 0 bridgehead atoms. The first-order chi connectivity index (χ1) is 5.69. The maximum Gasteiger partial charge on any atom is 0.0176 e. The van der Waals surface area contributed by atoms with Gasteiger partial charge in [0.1, 0.15) is 0 Å². The van der Waals surface area contributed by atoms with Crippen LogP contribution in [-0.2, 0) is 11.5 Å². The molecule has 12 heavy (non-hydrogen) atoms. The van der Waals surface area contributed by atoms with Crippen LogP contribution in [-0.4, -0.2) is 0 Å². The fraction of sp³-hybridized carbons (Fsp3) is 0.250. The molecule has 0 saturated heterocycles. The minimum atomic E-state index is 0.671. The second-order valence-corrected chi connectivity index (χ2v) is 4.02. The number of thiol groups is 4. The van der Waals surface area contributed by atoms with E-state index in [1.807, 2.05) is 12.1 Å². The van der Waals surface area contributed by atoms with Crippen LogP contribution in [0.15, 0.2) is 21.9 Å². The summed E-state index contributed by atoms with van der Waals surface area (Å²) >= 11 is 17.1. The summed E-state index contributed by atoms with van der Waals surface area (Å²) in [5.74, 6) is 1.39. The van der Waals surface area contributed by atoms with E-state index in [1.54, 1.807) is 0 Å². The van der Waals surface area contributed by atoms with Crippen LogP contribution >= 0.6 is 50.5 Å². The summed E-state index contributed by atoms with van der Waals surface area (Å²) in [5.41, 5.74) is 2.22. The molecule has 0 amide bonds. The zero-order valence-electron chi connectivity index (χ0n) is 6.36. The molecule has 0 radical (unpaired) electrons. The van der Waals surface area contributed by atoms with Crippen molar-refractivity contribution >= 4 is 50.5 Å². The van der Waals surface area contributed by atoms with Crippen molar-refractivity contribution < 1.29 is 0 Å². The first-order valence-corrected chi connectivity index (χ1v) is 5.60. The molecule has 0 atom stereocenters. The number of hydrogen-bond donors (Lipinski definition) is 4. The molecule has 1 aromatic rings. The highest BCUT2D eigenvalue weighted by atomic mass is 32.1. The number of benzene rings is 1. The Labute approximate surface area is 94.8 Å². The molecule has 0 unspecified atom stereocenters. The zero-order chi connectivity index (χ0) is 9.14. The molecule has 0 N–H and O–H groups in total. The Morgan fingerprint density at radius 2 is 1.42 bits per heavy atom. The Balaban J connectivity index is 3.18. The van der Waals surface area contributed by atoms with E-state index in [0.29, 0.717) is 11.5 Å². The minimum absolute atomic E-state index is 0.671. The average molecular weight is 234 g/mol. The van der Waals surface area contributed by atoms with Gasteiger partial charge in [-0.05, 0) is 23.3 Å². The van der Waals surface area contributed by atoms with Gasteiger partial charge >= 0.3 is 0 Å². The summed E-state index contributed by atoms with van der Waals surface area (Å²) in [5, 5.41) is 0. The van der Waals surface area contributed by atoms with E-state index in [1.165, 1.54) is 0 Å². The number of hydrogen-bond acceptors (Lipinski definition) is 4. The Morgan fingerprint density at radius 1 is 0.917 bits per heavy atom. The minimum Gasteiger partial charge on any atom is -0.175 e. The predicted octanol–water partition coefficient (Wildman–Crippen LogP) is 3.12. The Morgan fingerprint density at radius 3 is 1.75 bits per heavy atom. The summed E-state index contributed by atoms with van der Waals surface area (Å²) < 4.78 is 0. The second kappa shape index (κ2) is 4.74. The van der Waals surface area contributed by atoms with Crippen molar-refractivity contribution in [2.24, 2.45) is 0 Å². The number of rotatable bonds is 2. The Bertz CT molecular complexity index is 259. The summed E-state index contributed by atoms with van der Waals surface area (Å²) in [4.78, 5) is 1.89. The Hall–Kier alpha value is 0.620. The molecule has 0 heterocycles. The van der Waals surface area contributed by atoms with Crippen molar-refractivity contribution in [3.63, 3.8) is 0 Å². The van der Waals surface area contributed by atoms with Gasteiger partial charge in [-0.15, -0.1) is 25.3 Å². The summed E-state index contributed by atoms with van der Waals surface area (Å²) in [6.07, 6.45) is 0. The van der Waals surface area contributed by atoms with Gasteiger partial charge in [0.15, 0.2) is 0 Å². The van der Waals surface area contributed by atoms with E-state index in [2.05, 4.69) is 50.5 Å². The highest BCUT2D eigenvalue weighted by molar-refractivity contribution is 7.82. The molecular weight excluding hydrogens is 224 g/mol. The van der Waals surface area contributed by atoms with Gasteiger partial charge in [-0.25, -0.2) is 0 Å². The summed E-state index contributed by atoms with van der Waals surface area (Å²) in [6.45, 7) is 0. The van der Waals surface area contributed by atoms with E-state index in [-0.39, 0.29) is 0 Å². The lowest BCUT2D eigenvalue weighted by Gasteiger charge is -2.07. The maximum absolute atomic E-state index is 4.34. The molecule has 0 spiro atoms. The average Bonchev–Trinajstić information content (AvgIpc) is 2.03. The van der Waals surface area contributed by atoms with Gasteiger partial charge in [-0.2, -0.15) is 25.3 Å². The van der Waals surface area contributed by atoms with Gasteiger partial charge in [-0.1, -0.05) is 0 Å². The molecule has 4 heteroatoms. The van der Waals surface area contributed by atoms with E-state index in [4.69, 9.17) is 0 Å². The molecule has 0 aliphatic carbocycles. The monoisotopic (exact) mass is 234 g/mol. The SMILES string of the molecule is SCc1cc(S)c(CS)c(S)c1. The van der Waals surface area contributed by atoms with Crippen LogP contribution in [0.4, 0.5) is 0 Å². The third kappa shape index (κ3) is 2.31.